The molecule has 116 valence electrons. The van der Waals surface area contributed by atoms with Crippen molar-refractivity contribution >= 4 is 38.6 Å². The number of rotatable bonds is 3. The number of carbonyl (C=O) groups is 2. The number of aromatic nitrogens is 1. The quantitative estimate of drug-likeness (QED) is 0.722. The third-order valence-corrected chi connectivity index (χ3v) is 4.23. The van der Waals surface area contributed by atoms with Gasteiger partial charge < -0.3 is 9.84 Å². The Bertz CT molecular complexity index is 890. The lowest BCUT2D eigenvalue weighted by molar-refractivity contribution is -0.147. The van der Waals surface area contributed by atoms with Gasteiger partial charge in [0.05, 0.1) is 11.8 Å². The predicted octanol–water partition coefficient (Wildman–Crippen LogP) is 2.99. The molecule has 2 N–H and O–H groups in total. The number of nitrogens with zero attached hydrogens (tertiary/aromatic N) is 1. The molecule has 0 radical (unpaired) electrons. The van der Waals surface area contributed by atoms with E-state index in [9.17, 15) is 9.59 Å². The largest absolute Gasteiger partial charge is 0.494 e. The van der Waals surface area contributed by atoms with Crippen molar-refractivity contribution in [3.8, 4) is 16.9 Å². The van der Waals surface area contributed by atoms with E-state index >= 15 is 0 Å². The van der Waals surface area contributed by atoms with Gasteiger partial charge in [-0.1, -0.05) is 41.7 Å². The van der Waals surface area contributed by atoms with E-state index in [0.29, 0.717) is 11.3 Å². The van der Waals surface area contributed by atoms with E-state index in [2.05, 4.69) is 10.3 Å². The number of ether oxygens (including phenoxy) is 1. The maximum absolute atomic E-state index is 11.3. The molecule has 0 aliphatic heterocycles. The minimum atomic E-state index is -1.56. The molecule has 3 rings (SSSR count). The number of fused-ring (bicyclic) bond motifs is 1. The van der Waals surface area contributed by atoms with Crippen LogP contribution in [0.1, 0.15) is 0 Å². The van der Waals surface area contributed by atoms with Crippen LogP contribution < -0.4 is 10.1 Å². The fourth-order valence-corrected chi connectivity index (χ4v) is 3.21. The molecular formula is C16H12N2O4S. The van der Waals surface area contributed by atoms with E-state index < -0.39 is 11.9 Å². The van der Waals surface area contributed by atoms with Crippen molar-refractivity contribution in [1.29, 1.82) is 0 Å². The monoisotopic (exact) mass is 328 g/mol. The molecule has 0 unspecified atom stereocenters. The number of anilines is 1. The second-order valence-electron chi connectivity index (χ2n) is 4.64. The molecule has 0 saturated heterocycles. The van der Waals surface area contributed by atoms with Crippen LogP contribution in [0.3, 0.4) is 0 Å². The van der Waals surface area contributed by atoms with Crippen LogP contribution in [0.2, 0.25) is 0 Å². The summed E-state index contributed by atoms with van der Waals surface area (Å²) in [5, 5.41) is 11.2. The zero-order chi connectivity index (χ0) is 16.4. The average molecular weight is 328 g/mol. The molecule has 1 aromatic heterocycles. The lowest BCUT2D eigenvalue weighted by Crippen LogP contribution is -2.21. The van der Waals surface area contributed by atoms with Crippen LogP contribution in [0.25, 0.3) is 21.3 Å². The van der Waals surface area contributed by atoms with E-state index in [1.54, 1.807) is 6.07 Å². The van der Waals surface area contributed by atoms with Crippen LogP contribution >= 0.6 is 11.3 Å². The van der Waals surface area contributed by atoms with Crippen LogP contribution in [0, 0.1) is 0 Å². The van der Waals surface area contributed by atoms with Gasteiger partial charge in [-0.05, 0) is 17.7 Å². The maximum atomic E-state index is 11.3. The summed E-state index contributed by atoms with van der Waals surface area (Å²) in [4.78, 5) is 26.3. The van der Waals surface area contributed by atoms with Gasteiger partial charge in [-0.2, -0.15) is 0 Å². The molecule has 7 heteroatoms. The minimum Gasteiger partial charge on any atom is -0.494 e. The highest BCUT2D eigenvalue weighted by Crippen LogP contribution is 2.39. The number of methoxy groups -OCH3 is 1. The molecule has 0 aliphatic rings. The van der Waals surface area contributed by atoms with Crippen molar-refractivity contribution in [3.05, 3.63) is 42.5 Å². The number of carboxylic acids is 1. The molecular weight excluding hydrogens is 316 g/mol. The van der Waals surface area contributed by atoms with Crippen LogP contribution in [-0.2, 0) is 9.59 Å². The number of benzene rings is 2. The summed E-state index contributed by atoms with van der Waals surface area (Å²) in [6.45, 7) is 0. The van der Waals surface area contributed by atoms with Crippen LogP contribution in [-0.4, -0.2) is 29.1 Å². The first-order valence-corrected chi connectivity index (χ1v) is 7.49. The zero-order valence-corrected chi connectivity index (χ0v) is 12.9. The number of hydrogen-bond donors (Lipinski definition) is 2. The predicted molar refractivity (Wildman–Crippen MR) is 87.9 cm³/mol. The van der Waals surface area contributed by atoms with Crippen LogP contribution in [0.4, 0.5) is 5.13 Å². The third-order valence-electron chi connectivity index (χ3n) is 3.23. The second-order valence-corrected chi connectivity index (χ2v) is 5.64. The Morgan fingerprint density at radius 3 is 2.57 bits per heavy atom. The lowest BCUT2D eigenvalue weighted by Gasteiger charge is -2.05. The topological polar surface area (TPSA) is 88.5 Å². The first kappa shape index (κ1) is 15.0. The van der Waals surface area contributed by atoms with E-state index in [1.165, 1.54) is 18.4 Å². The van der Waals surface area contributed by atoms with E-state index in [1.807, 2.05) is 36.4 Å². The van der Waals surface area contributed by atoms with E-state index in [0.717, 1.165) is 15.8 Å². The number of carbonyl (C=O) groups excluding carboxylic acids is 1. The summed E-state index contributed by atoms with van der Waals surface area (Å²) in [5.74, 6) is -2.12. The molecule has 6 nitrogen and oxygen atoms in total. The Kier molecular flexibility index (Phi) is 3.94. The molecule has 0 atom stereocenters. The fraction of sp³-hybridized carbons (Fsp3) is 0.0625. The van der Waals surface area contributed by atoms with Crippen molar-refractivity contribution in [1.82, 2.24) is 4.98 Å². The molecule has 23 heavy (non-hydrogen) atoms. The number of hydrogen-bond acceptors (Lipinski definition) is 5. The lowest BCUT2D eigenvalue weighted by atomic mass is 10.1. The van der Waals surface area contributed by atoms with Crippen molar-refractivity contribution in [3.63, 3.8) is 0 Å². The molecule has 1 heterocycles. The van der Waals surface area contributed by atoms with Gasteiger partial charge in [-0.3, -0.25) is 10.1 Å². The standard InChI is InChI=1S/C16H12N2O4S/c1-22-11-8-7-10(9-5-3-2-4-6-9)13-12(11)17-16(23-13)18-14(19)15(20)21/h2-8H,1H3,(H,20,21)(H,17,18,19). The highest BCUT2D eigenvalue weighted by atomic mass is 32.1. The van der Waals surface area contributed by atoms with Crippen LogP contribution in [0.5, 0.6) is 5.75 Å². The number of nitrogens with one attached hydrogen (secondary N) is 1. The zero-order valence-electron chi connectivity index (χ0n) is 12.1. The van der Waals surface area contributed by atoms with Gasteiger partial charge in [0.1, 0.15) is 11.3 Å². The SMILES string of the molecule is COc1ccc(-c2ccccc2)c2sc(NC(=O)C(=O)O)nc12. The maximum Gasteiger partial charge on any atom is 0.394 e. The molecule has 0 fully saturated rings. The summed E-state index contributed by atoms with van der Waals surface area (Å²) >= 11 is 1.21. The molecule has 1 amide bonds. The highest BCUT2D eigenvalue weighted by molar-refractivity contribution is 7.23. The summed E-state index contributed by atoms with van der Waals surface area (Å²) < 4.78 is 6.12. The first-order chi connectivity index (χ1) is 11.1. The molecule has 0 bridgehead atoms. The highest BCUT2D eigenvalue weighted by Gasteiger charge is 2.18. The summed E-state index contributed by atoms with van der Waals surface area (Å²) in [6.07, 6.45) is 0. The number of aliphatic carboxylic acids is 1. The van der Waals surface area contributed by atoms with Gasteiger partial charge >= 0.3 is 11.9 Å². The van der Waals surface area contributed by atoms with Gasteiger partial charge in [0.25, 0.3) is 0 Å². The molecule has 2 aromatic carbocycles. The molecule has 0 spiro atoms. The van der Waals surface area contributed by atoms with Gasteiger partial charge in [-0.25, -0.2) is 9.78 Å². The Morgan fingerprint density at radius 2 is 1.91 bits per heavy atom. The van der Waals surface area contributed by atoms with Gasteiger partial charge in [0.2, 0.25) is 0 Å². The van der Waals surface area contributed by atoms with Crippen molar-refractivity contribution in [2.75, 3.05) is 12.4 Å². The fourth-order valence-electron chi connectivity index (χ4n) is 2.20. The average Bonchev–Trinajstić information content (AvgIpc) is 2.98. The Morgan fingerprint density at radius 1 is 1.17 bits per heavy atom. The summed E-state index contributed by atoms with van der Waals surface area (Å²) in [5.41, 5.74) is 2.52. The van der Waals surface area contributed by atoms with Crippen molar-refractivity contribution in [2.24, 2.45) is 0 Å². The van der Waals surface area contributed by atoms with Crippen molar-refractivity contribution < 1.29 is 19.4 Å². The molecule has 3 aromatic rings. The molecule has 0 saturated carbocycles. The van der Waals surface area contributed by atoms with Gasteiger partial charge in [0, 0.05) is 5.56 Å². The number of thiazole rings is 1. The second kappa shape index (κ2) is 6.05. The Balaban J connectivity index is 2.14. The van der Waals surface area contributed by atoms with Crippen molar-refractivity contribution in [2.45, 2.75) is 0 Å². The normalized spacial score (nSPS) is 10.5. The van der Waals surface area contributed by atoms with E-state index in [4.69, 9.17) is 9.84 Å². The third kappa shape index (κ3) is 2.86. The number of amides is 1. The van der Waals surface area contributed by atoms with E-state index in [-0.39, 0.29) is 5.13 Å². The smallest absolute Gasteiger partial charge is 0.394 e. The van der Waals surface area contributed by atoms with Gasteiger partial charge in [-0.15, -0.1) is 0 Å². The Hall–Kier alpha value is -2.93. The first-order valence-electron chi connectivity index (χ1n) is 6.67. The summed E-state index contributed by atoms with van der Waals surface area (Å²) in [7, 11) is 1.53. The molecule has 0 aliphatic carbocycles. The summed E-state index contributed by atoms with van der Waals surface area (Å²) in [6, 6.07) is 13.4. The Labute approximate surface area is 135 Å². The van der Waals surface area contributed by atoms with Gasteiger partial charge in [0.15, 0.2) is 5.13 Å². The minimum absolute atomic E-state index is 0.217. The van der Waals surface area contributed by atoms with Crippen LogP contribution in [0.15, 0.2) is 42.5 Å². The number of carboxylic acid groups (broad SMARTS) is 1.